The number of carbonyl (C=O) groups is 2. The van der Waals surface area contributed by atoms with Crippen molar-refractivity contribution in [3.63, 3.8) is 0 Å². The van der Waals surface area contributed by atoms with Gasteiger partial charge in [-0.25, -0.2) is 9.37 Å². The van der Waals surface area contributed by atoms with Gasteiger partial charge in [0.2, 0.25) is 5.91 Å². The van der Waals surface area contributed by atoms with Gasteiger partial charge in [0.1, 0.15) is 17.9 Å². The van der Waals surface area contributed by atoms with Crippen molar-refractivity contribution >= 4 is 17.6 Å². The number of amides is 2. The molecular weight excluding hydrogens is 561 g/mol. The molecule has 0 atom stereocenters. The molecule has 236 valence electrons. The largest absolute Gasteiger partial charge is 0.434 e. The Morgan fingerprint density at radius 2 is 1.93 bits per heavy atom. The number of nitrogens with one attached hydrogen (secondary N) is 1. The minimum atomic E-state index is -0.505. The summed E-state index contributed by atoms with van der Waals surface area (Å²) >= 11 is 0. The SMILES string of the molecule is C=C1CC2(CCC(CN3CCC4(CC3)CN(c3ncnnc3Oc3ccc(F)cc3C(=O)N(CC)C(C)C)C4)CC2)NC1=O. The highest BCUT2D eigenvalue weighted by Crippen LogP contribution is 2.45. The zero-order valence-corrected chi connectivity index (χ0v) is 26.1. The van der Waals surface area contributed by atoms with Crippen LogP contribution in [0.1, 0.15) is 76.1 Å². The maximum Gasteiger partial charge on any atom is 0.282 e. The quantitative estimate of drug-likeness (QED) is 0.437. The summed E-state index contributed by atoms with van der Waals surface area (Å²) in [6.07, 6.45) is 8.87. The van der Waals surface area contributed by atoms with Crippen LogP contribution in [0.5, 0.6) is 11.6 Å². The normalized spacial score (nSPS) is 24.9. The number of carbonyl (C=O) groups excluding carboxylic acids is 2. The van der Waals surface area contributed by atoms with Crippen LogP contribution in [0.3, 0.4) is 0 Å². The first-order chi connectivity index (χ1) is 21.1. The van der Waals surface area contributed by atoms with Gasteiger partial charge in [-0.2, -0.15) is 0 Å². The van der Waals surface area contributed by atoms with Crippen LogP contribution in [0, 0.1) is 17.2 Å². The van der Waals surface area contributed by atoms with E-state index in [-0.39, 0.29) is 46.0 Å². The Kier molecular flexibility index (Phi) is 8.34. The van der Waals surface area contributed by atoms with E-state index < -0.39 is 5.82 Å². The highest BCUT2D eigenvalue weighted by atomic mass is 19.1. The second kappa shape index (κ2) is 12.1. The summed E-state index contributed by atoms with van der Waals surface area (Å²) in [5.74, 6) is 0.949. The highest BCUT2D eigenvalue weighted by Gasteiger charge is 2.47. The third kappa shape index (κ3) is 6.03. The fraction of sp³-hybridized carbons (Fsp3) is 0.606. The average molecular weight is 606 g/mol. The predicted molar refractivity (Wildman–Crippen MR) is 165 cm³/mol. The molecule has 1 N–H and O–H groups in total. The van der Waals surface area contributed by atoms with Gasteiger partial charge < -0.3 is 24.8 Å². The van der Waals surface area contributed by atoms with Crippen molar-refractivity contribution in [1.82, 2.24) is 30.3 Å². The topological polar surface area (TPSA) is 104 Å². The van der Waals surface area contributed by atoms with Crippen molar-refractivity contribution in [2.75, 3.05) is 44.2 Å². The number of ether oxygens (including phenoxy) is 1. The molecule has 0 radical (unpaired) electrons. The van der Waals surface area contributed by atoms with Crippen LogP contribution in [0.15, 0.2) is 36.7 Å². The van der Waals surface area contributed by atoms with E-state index in [1.54, 1.807) is 4.90 Å². The molecule has 10 nitrogen and oxygen atoms in total. The van der Waals surface area contributed by atoms with Gasteiger partial charge in [-0.3, -0.25) is 9.59 Å². The third-order valence-corrected chi connectivity index (χ3v) is 10.3. The number of likely N-dealkylation sites (tertiary alicyclic amines) is 1. The van der Waals surface area contributed by atoms with Crippen LogP contribution in [-0.2, 0) is 4.79 Å². The second-order valence-electron chi connectivity index (χ2n) is 13.6. The van der Waals surface area contributed by atoms with E-state index in [0.29, 0.717) is 18.3 Å². The molecule has 2 aromatic rings. The molecule has 6 rings (SSSR count). The van der Waals surface area contributed by atoms with E-state index in [4.69, 9.17) is 4.74 Å². The summed E-state index contributed by atoms with van der Waals surface area (Å²) in [7, 11) is 0. The first-order valence-corrected chi connectivity index (χ1v) is 16.0. The van der Waals surface area contributed by atoms with Crippen LogP contribution >= 0.6 is 0 Å². The molecule has 1 aromatic carbocycles. The lowest BCUT2D eigenvalue weighted by atomic mass is 9.71. The van der Waals surface area contributed by atoms with Crippen molar-refractivity contribution in [2.24, 2.45) is 11.3 Å². The summed E-state index contributed by atoms with van der Waals surface area (Å²) in [6, 6.07) is 3.92. The van der Waals surface area contributed by atoms with Crippen LogP contribution in [0.4, 0.5) is 10.2 Å². The Labute approximate surface area is 259 Å². The molecule has 1 aromatic heterocycles. The van der Waals surface area contributed by atoms with Gasteiger partial charge in [0.05, 0.1) is 5.56 Å². The van der Waals surface area contributed by atoms with Gasteiger partial charge in [0.15, 0.2) is 5.82 Å². The van der Waals surface area contributed by atoms with Crippen LogP contribution in [0.2, 0.25) is 0 Å². The van der Waals surface area contributed by atoms with Crippen molar-refractivity contribution in [1.29, 1.82) is 0 Å². The number of rotatable bonds is 8. The Hall–Kier alpha value is -3.60. The number of anilines is 1. The first-order valence-electron chi connectivity index (χ1n) is 16.0. The molecule has 2 spiro atoms. The molecule has 4 aliphatic rings. The smallest absolute Gasteiger partial charge is 0.282 e. The minimum absolute atomic E-state index is 0.0380. The van der Waals surface area contributed by atoms with Gasteiger partial charge in [-0.1, -0.05) is 6.58 Å². The molecule has 3 aliphatic heterocycles. The number of piperidine rings is 1. The molecule has 2 amide bonds. The molecule has 3 saturated heterocycles. The fourth-order valence-corrected chi connectivity index (χ4v) is 7.68. The lowest BCUT2D eigenvalue weighted by Gasteiger charge is -2.54. The average Bonchev–Trinajstić information content (AvgIpc) is 3.27. The number of halogens is 1. The summed E-state index contributed by atoms with van der Waals surface area (Å²) in [5.41, 5.74) is 1.08. The molecule has 4 fully saturated rings. The molecular formula is C33H44FN7O3. The third-order valence-electron chi connectivity index (χ3n) is 10.3. The van der Waals surface area contributed by atoms with E-state index in [9.17, 15) is 14.0 Å². The minimum Gasteiger partial charge on any atom is -0.434 e. The Bertz CT molecular complexity index is 1390. The van der Waals surface area contributed by atoms with E-state index in [0.717, 1.165) is 83.2 Å². The Morgan fingerprint density at radius 1 is 1.20 bits per heavy atom. The van der Waals surface area contributed by atoms with Gasteiger partial charge in [0, 0.05) is 55.2 Å². The number of hydrogen-bond acceptors (Lipinski definition) is 8. The van der Waals surface area contributed by atoms with Gasteiger partial charge in [-0.15, -0.1) is 10.2 Å². The summed E-state index contributed by atoms with van der Waals surface area (Å²) < 4.78 is 20.4. The van der Waals surface area contributed by atoms with Crippen molar-refractivity contribution in [2.45, 2.75) is 77.3 Å². The fourth-order valence-electron chi connectivity index (χ4n) is 7.68. The van der Waals surface area contributed by atoms with Crippen LogP contribution in [-0.4, -0.2) is 87.6 Å². The molecule has 0 unspecified atom stereocenters. The van der Waals surface area contributed by atoms with E-state index >= 15 is 0 Å². The lowest BCUT2D eigenvalue weighted by molar-refractivity contribution is -0.117. The summed E-state index contributed by atoms with van der Waals surface area (Å²) in [5, 5.41) is 11.4. The van der Waals surface area contributed by atoms with E-state index in [1.165, 1.54) is 24.5 Å². The number of hydrogen-bond donors (Lipinski definition) is 1. The van der Waals surface area contributed by atoms with Crippen LogP contribution < -0.4 is 15.0 Å². The van der Waals surface area contributed by atoms with Crippen molar-refractivity contribution in [3.8, 4) is 11.6 Å². The first kappa shape index (κ1) is 30.4. The van der Waals surface area contributed by atoms with Gasteiger partial charge >= 0.3 is 0 Å². The van der Waals surface area contributed by atoms with E-state index in [1.807, 2.05) is 20.8 Å². The standard InChI is InChI=1S/C33H44FN7O3/c1-5-41(22(2)3)31(43)26-16-25(34)6-7-27(26)44-30-28(35-21-36-38-30)40-19-32(20-40)12-14-39(15-13-32)18-24-8-10-33(11-9-24)17-23(4)29(42)37-33/h6-7,16,21-22,24H,4-5,8-15,17-20H2,1-3H3,(H,37,42). The van der Waals surface area contributed by atoms with Gasteiger partial charge in [-0.05, 0) is 96.5 Å². The number of aromatic nitrogens is 3. The number of benzene rings is 1. The number of nitrogens with zero attached hydrogens (tertiary/aromatic N) is 6. The van der Waals surface area contributed by atoms with Gasteiger partial charge in [0.25, 0.3) is 11.8 Å². The molecule has 1 aliphatic carbocycles. The van der Waals surface area contributed by atoms with Crippen molar-refractivity contribution < 1.29 is 18.7 Å². The lowest BCUT2D eigenvalue weighted by Crippen LogP contribution is -2.61. The Morgan fingerprint density at radius 3 is 2.57 bits per heavy atom. The monoisotopic (exact) mass is 605 g/mol. The van der Waals surface area contributed by atoms with Crippen LogP contribution in [0.25, 0.3) is 0 Å². The highest BCUT2D eigenvalue weighted by molar-refractivity contribution is 5.97. The molecule has 11 heteroatoms. The molecule has 1 saturated carbocycles. The maximum atomic E-state index is 14.2. The maximum absolute atomic E-state index is 14.2. The molecule has 4 heterocycles. The zero-order valence-electron chi connectivity index (χ0n) is 26.1. The Balaban J connectivity index is 1.04. The molecule has 44 heavy (non-hydrogen) atoms. The second-order valence-corrected chi connectivity index (χ2v) is 13.6. The van der Waals surface area contributed by atoms with Crippen molar-refractivity contribution in [3.05, 3.63) is 48.1 Å². The summed E-state index contributed by atoms with van der Waals surface area (Å²) in [6.45, 7) is 15.2. The zero-order chi connectivity index (χ0) is 31.1. The molecule has 0 bridgehead atoms. The predicted octanol–water partition coefficient (Wildman–Crippen LogP) is 4.58. The summed E-state index contributed by atoms with van der Waals surface area (Å²) in [4.78, 5) is 36.2. The van der Waals surface area contributed by atoms with E-state index in [2.05, 4.69) is 36.9 Å².